The highest BCUT2D eigenvalue weighted by Crippen LogP contribution is 2.28. The Kier molecular flexibility index (Phi) is 4.32. The van der Waals surface area contributed by atoms with Crippen LogP contribution in [0.25, 0.3) is 5.69 Å². The molecule has 1 heterocycles. The van der Waals surface area contributed by atoms with Crippen LogP contribution in [0.2, 0.25) is 0 Å². The Bertz CT molecular complexity index is 836. The highest BCUT2D eigenvalue weighted by molar-refractivity contribution is 5.96. The van der Waals surface area contributed by atoms with Gasteiger partial charge in [-0.1, -0.05) is 0 Å². The number of nitriles is 1. The van der Waals surface area contributed by atoms with Crippen LogP contribution in [0.4, 0.5) is 10.1 Å². The number of hydrogen-bond acceptors (Lipinski definition) is 6. The average Bonchev–Trinajstić information content (AvgIpc) is 2.84. The Morgan fingerprint density at radius 3 is 2.65 bits per heavy atom. The van der Waals surface area contributed by atoms with Gasteiger partial charge in [0.05, 0.1) is 24.0 Å². The van der Waals surface area contributed by atoms with Crippen molar-refractivity contribution in [2.75, 3.05) is 12.8 Å². The maximum Gasteiger partial charge on any atom is 0.357 e. The number of hydrogen-bond donors (Lipinski definition) is 1. The SMILES string of the molecule is COC(=O)c1c(N)c(C#N)cn1-c1cc(OC(C)=O)ccc1F. The molecule has 1 aromatic heterocycles. The fourth-order valence-corrected chi connectivity index (χ4v) is 2.01. The molecule has 0 radical (unpaired) electrons. The number of ether oxygens (including phenoxy) is 2. The number of benzene rings is 1. The summed E-state index contributed by atoms with van der Waals surface area (Å²) in [7, 11) is 1.14. The van der Waals surface area contributed by atoms with Gasteiger partial charge in [0.2, 0.25) is 0 Å². The third-order valence-electron chi connectivity index (χ3n) is 2.98. The minimum atomic E-state index is -0.832. The Morgan fingerprint density at radius 1 is 1.39 bits per heavy atom. The van der Waals surface area contributed by atoms with E-state index < -0.39 is 17.8 Å². The second kappa shape index (κ2) is 6.19. The van der Waals surface area contributed by atoms with Gasteiger partial charge in [0.15, 0.2) is 5.69 Å². The Morgan fingerprint density at radius 2 is 2.09 bits per heavy atom. The maximum atomic E-state index is 14.1. The van der Waals surface area contributed by atoms with E-state index in [4.69, 9.17) is 15.7 Å². The van der Waals surface area contributed by atoms with E-state index in [-0.39, 0.29) is 28.4 Å². The van der Waals surface area contributed by atoms with Crippen LogP contribution in [0.1, 0.15) is 23.0 Å². The number of nitrogens with zero attached hydrogens (tertiary/aromatic N) is 2. The van der Waals surface area contributed by atoms with Gasteiger partial charge < -0.3 is 19.8 Å². The summed E-state index contributed by atoms with van der Waals surface area (Å²) in [6.45, 7) is 1.20. The largest absolute Gasteiger partial charge is 0.464 e. The molecule has 0 spiro atoms. The molecule has 0 bridgehead atoms. The molecule has 2 rings (SSSR count). The number of nitrogens with two attached hydrogens (primary N) is 1. The van der Waals surface area contributed by atoms with Gasteiger partial charge in [0.25, 0.3) is 0 Å². The zero-order chi connectivity index (χ0) is 17.1. The van der Waals surface area contributed by atoms with E-state index in [1.54, 1.807) is 0 Å². The first-order chi connectivity index (χ1) is 10.9. The molecule has 0 fully saturated rings. The highest BCUT2D eigenvalue weighted by atomic mass is 19.1. The molecular weight excluding hydrogens is 305 g/mol. The van der Waals surface area contributed by atoms with Gasteiger partial charge in [-0.2, -0.15) is 5.26 Å². The topological polar surface area (TPSA) is 107 Å². The molecule has 2 N–H and O–H groups in total. The van der Waals surface area contributed by atoms with Crippen molar-refractivity contribution in [3.63, 3.8) is 0 Å². The molecule has 0 amide bonds. The molecule has 118 valence electrons. The number of carbonyl (C=O) groups excluding carboxylic acids is 2. The van der Waals surface area contributed by atoms with E-state index in [1.165, 1.54) is 25.3 Å². The summed E-state index contributed by atoms with van der Waals surface area (Å²) in [6.07, 6.45) is 1.21. The van der Waals surface area contributed by atoms with E-state index in [2.05, 4.69) is 4.74 Å². The van der Waals surface area contributed by atoms with Crippen molar-refractivity contribution in [1.82, 2.24) is 4.57 Å². The van der Waals surface area contributed by atoms with Crippen LogP contribution in [0, 0.1) is 17.1 Å². The van der Waals surface area contributed by atoms with E-state index in [0.717, 1.165) is 17.7 Å². The monoisotopic (exact) mass is 317 g/mol. The number of nitrogen functional groups attached to an aromatic ring is 1. The summed E-state index contributed by atoms with van der Waals surface area (Å²) >= 11 is 0. The molecule has 1 aromatic carbocycles. The Labute approximate surface area is 130 Å². The first-order valence-electron chi connectivity index (χ1n) is 6.36. The van der Waals surface area contributed by atoms with Gasteiger partial charge in [0.1, 0.15) is 17.6 Å². The molecule has 2 aromatic rings. The van der Waals surface area contributed by atoms with Crippen molar-refractivity contribution in [3.8, 4) is 17.5 Å². The Hall–Kier alpha value is -3.34. The lowest BCUT2D eigenvalue weighted by Gasteiger charge is -2.11. The highest BCUT2D eigenvalue weighted by Gasteiger charge is 2.23. The summed E-state index contributed by atoms with van der Waals surface area (Å²) in [5, 5.41) is 9.04. The van der Waals surface area contributed by atoms with Gasteiger partial charge in [-0.05, 0) is 12.1 Å². The molecule has 0 atom stereocenters. The number of aromatic nitrogens is 1. The van der Waals surface area contributed by atoms with Crippen molar-refractivity contribution >= 4 is 17.6 Å². The van der Waals surface area contributed by atoms with Gasteiger partial charge in [0, 0.05) is 19.2 Å². The standard InChI is InChI=1S/C15H12FN3O4/c1-8(20)23-10-3-4-11(16)12(5-10)19-7-9(6-17)13(18)14(19)15(21)22-2/h3-5,7H,18H2,1-2H3. The van der Waals surface area contributed by atoms with Crippen molar-refractivity contribution in [2.45, 2.75) is 6.92 Å². The van der Waals surface area contributed by atoms with Crippen LogP contribution in [0.5, 0.6) is 5.75 Å². The van der Waals surface area contributed by atoms with Crippen LogP contribution in [-0.4, -0.2) is 23.6 Å². The van der Waals surface area contributed by atoms with Gasteiger partial charge in [-0.3, -0.25) is 4.79 Å². The van der Waals surface area contributed by atoms with Crippen molar-refractivity contribution in [2.24, 2.45) is 0 Å². The molecule has 0 unspecified atom stereocenters. The van der Waals surface area contributed by atoms with E-state index in [0.29, 0.717) is 0 Å². The smallest absolute Gasteiger partial charge is 0.357 e. The van der Waals surface area contributed by atoms with E-state index in [1.807, 2.05) is 6.07 Å². The number of esters is 2. The normalized spacial score (nSPS) is 10.0. The minimum absolute atomic E-state index is 0.0114. The molecule has 0 aliphatic heterocycles. The molecule has 0 aliphatic rings. The zero-order valence-corrected chi connectivity index (χ0v) is 12.3. The van der Waals surface area contributed by atoms with Crippen LogP contribution in [-0.2, 0) is 9.53 Å². The summed E-state index contributed by atoms with van der Waals surface area (Å²) in [5.74, 6) is -2.04. The average molecular weight is 317 g/mol. The van der Waals surface area contributed by atoms with Gasteiger partial charge in [-0.25, -0.2) is 9.18 Å². The number of methoxy groups -OCH3 is 1. The third-order valence-corrected chi connectivity index (χ3v) is 2.98. The fourth-order valence-electron chi connectivity index (χ4n) is 2.01. The summed E-state index contributed by atoms with van der Waals surface area (Å²) in [4.78, 5) is 22.9. The fraction of sp³-hybridized carbons (Fsp3) is 0.133. The lowest BCUT2D eigenvalue weighted by molar-refractivity contribution is -0.131. The third kappa shape index (κ3) is 2.98. The zero-order valence-electron chi connectivity index (χ0n) is 12.3. The van der Waals surface area contributed by atoms with Gasteiger partial charge in [-0.15, -0.1) is 0 Å². The van der Waals surface area contributed by atoms with Gasteiger partial charge >= 0.3 is 11.9 Å². The molecule has 23 heavy (non-hydrogen) atoms. The maximum absolute atomic E-state index is 14.1. The van der Waals surface area contributed by atoms with Crippen molar-refractivity contribution < 1.29 is 23.5 Å². The van der Waals surface area contributed by atoms with Crippen molar-refractivity contribution in [3.05, 3.63) is 41.5 Å². The second-order valence-electron chi connectivity index (χ2n) is 4.49. The molecule has 8 heteroatoms. The van der Waals surface area contributed by atoms with E-state index >= 15 is 0 Å². The van der Waals surface area contributed by atoms with E-state index in [9.17, 15) is 14.0 Å². The molecule has 7 nitrogen and oxygen atoms in total. The summed E-state index contributed by atoms with van der Waals surface area (Å²) in [6, 6.07) is 5.35. The van der Waals surface area contributed by atoms with Crippen molar-refractivity contribution in [1.29, 1.82) is 5.26 Å². The second-order valence-corrected chi connectivity index (χ2v) is 4.49. The quantitative estimate of drug-likeness (QED) is 0.683. The molecule has 0 saturated heterocycles. The molecule has 0 saturated carbocycles. The molecular formula is C15H12FN3O4. The first-order valence-corrected chi connectivity index (χ1v) is 6.36. The number of halogens is 1. The first kappa shape index (κ1) is 16.0. The Balaban J connectivity index is 2.69. The predicted molar refractivity (Wildman–Crippen MR) is 77.5 cm³/mol. The number of anilines is 1. The summed E-state index contributed by atoms with van der Waals surface area (Å²) < 4.78 is 24.7. The summed E-state index contributed by atoms with van der Waals surface area (Å²) in [5.41, 5.74) is 5.30. The predicted octanol–water partition coefficient (Wildman–Crippen LogP) is 1.78. The number of rotatable bonds is 3. The molecule has 0 aliphatic carbocycles. The minimum Gasteiger partial charge on any atom is -0.464 e. The lowest BCUT2D eigenvalue weighted by Crippen LogP contribution is -2.12. The number of carbonyl (C=O) groups is 2. The van der Waals surface area contributed by atoms with Crippen LogP contribution >= 0.6 is 0 Å². The van der Waals surface area contributed by atoms with Crippen LogP contribution < -0.4 is 10.5 Å². The lowest BCUT2D eigenvalue weighted by atomic mass is 10.2. The van der Waals surface area contributed by atoms with Crippen LogP contribution in [0.15, 0.2) is 24.4 Å². The van der Waals surface area contributed by atoms with Crippen LogP contribution in [0.3, 0.4) is 0 Å².